The number of amides is 1. The zero-order valence-corrected chi connectivity index (χ0v) is 8.53. The lowest BCUT2D eigenvalue weighted by atomic mass is 10.2. The monoisotopic (exact) mass is 194 g/mol. The highest BCUT2D eigenvalue weighted by atomic mass is 16.2. The molecular formula is C9H14N4O. The lowest BCUT2D eigenvalue weighted by molar-refractivity contribution is 0.0828. The molecule has 14 heavy (non-hydrogen) atoms. The number of aryl methyl sites for hydroxylation is 1. The largest absolute Gasteiger partial charge is 0.345 e. The number of carbonyl (C=O) groups is 1. The van der Waals surface area contributed by atoms with E-state index < -0.39 is 0 Å². The summed E-state index contributed by atoms with van der Waals surface area (Å²) in [5, 5.41) is 0. The van der Waals surface area contributed by atoms with Crippen molar-refractivity contribution in [2.75, 3.05) is 19.5 Å². The van der Waals surface area contributed by atoms with Crippen LogP contribution in [0.1, 0.15) is 16.1 Å². The third-order valence-corrected chi connectivity index (χ3v) is 1.83. The van der Waals surface area contributed by atoms with E-state index in [0.29, 0.717) is 11.3 Å². The van der Waals surface area contributed by atoms with Crippen molar-refractivity contribution in [2.45, 2.75) is 6.92 Å². The van der Waals surface area contributed by atoms with Gasteiger partial charge in [0.25, 0.3) is 5.91 Å². The Bertz CT molecular complexity index is 349. The van der Waals surface area contributed by atoms with Gasteiger partial charge in [-0.2, -0.15) is 0 Å². The van der Waals surface area contributed by atoms with E-state index in [-0.39, 0.29) is 5.91 Å². The minimum Gasteiger partial charge on any atom is -0.345 e. The Hall–Kier alpha value is -1.62. The molecule has 0 unspecified atom stereocenters. The number of pyridine rings is 1. The fraction of sp³-hybridized carbons (Fsp3) is 0.333. The van der Waals surface area contributed by atoms with E-state index in [9.17, 15) is 4.79 Å². The van der Waals surface area contributed by atoms with Gasteiger partial charge in [0, 0.05) is 26.0 Å². The molecule has 1 amide bonds. The summed E-state index contributed by atoms with van der Waals surface area (Å²) in [5.41, 5.74) is 4.37. The summed E-state index contributed by atoms with van der Waals surface area (Å²) in [5.74, 6) is 5.19. The molecule has 5 heteroatoms. The highest BCUT2D eigenvalue weighted by Gasteiger charge is 2.13. The maximum atomic E-state index is 11.6. The smallest absolute Gasteiger partial charge is 0.257 e. The highest BCUT2D eigenvalue weighted by Crippen LogP contribution is 2.15. The van der Waals surface area contributed by atoms with Crippen LogP contribution in [0.2, 0.25) is 0 Å². The summed E-state index contributed by atoms with van der Waals surface area (Å²) in [6.45, 7) is 1.84. The quantitative estimate of drug-likeness (QED) is 0.527. The summed E-state index contributed by atoms with van der Waals surface area (Å²) < 4.78 is 0. The van der Waals surface area contributed by atoms with Crippen LogP contribution in [-0.2, 0) is 0 Å². The molecule has 1 rings (SSSR count). The van der Waals surface area contributed by atoms with E-state index in [2.05, 4.69) is 10.4 Å². The normalized spacial score (nSPS) is 9.71. The number of nitrogens with two attached hydrogens (primary N) is 1. The number of nitrogens with zero attached hydrogens (tertiary/aromatic N) is 2. The van der Waals surface area contributed by atoms with Crippen molar-refractivity contribution in [3.05, 3.63) is 23.5 Å². The first-order valence-electron chi connectivity index (χ1n) is 4.21. The van der Waals surface area contributed by atoms with Crippen molar-refractivity contribution in [1.29, 1.82) is 0 Å². The van der Waals surface area contributed by atoms with Gasteiger partial charge in [0.15, 0.2) is 0 Å². The van der Waals surface area contributed by atoms with Crippen LogP contribution in [-0.4, -0.2) is 29.9 Å². The molecule has 1 heterocycles. The van der Waals surface area contributed by atoms with Crippen molar-refractivity contribution in [3.63, 3.8) is 0 Å². The van der Waals surface area contributed by atoms with Crippen LogP contribution in [0.25, 0.3) is 0 Å². The average Bonchev–Trinajstić information content (AvgIpc) is 2.16. The number of aromatic nitrogens is 1. The van der Waals surface area contributed by atoms with E-state index >= 15 is 0 Å². The maximum absolute atomic E-state index is 11.6. The van der Waals surface area contributed by atoms with Gasteiger partial charge in [-0.3, -0.25) is 15.6 Å². The Balaban J connectivity index is 3.14. The molecule has 1 aromatic heterocycles. The van der Waals surface area contributed by atoms with Gasteiger partial charge in [-0.05, 0) is 13.0 Å². The Kier molecular flexibility index (Phi) is 3.03. The van der Waals surface area contributed by atoms with Crippen LogP contribution in [0, 0.1) is 6.92 Å². The molecule has 0 aliphatic rings. The highest BCUT2D eigenvalue weighted by molar-refractivity contribution is 5.98. The summed E-state index contributed by atoms with van der Waals surface area (Å²) in [6.07, 6.45) is 1.52. The first kappa shape index (κ1) is 10.5. The predicted octanol–water partition coefficient (Wildman–Crippen LogP) is 0.377. The van der Waals surface area contributed by atoms with Crippen molar-refractivity contribution in [1.82, 2.24) is 9.88 Å². The molecule has 0 fully saturated rings. The molecule has 0 saturated heterocycles. The van der Waals surface area contributed by atoms with E-state index in [4.69, 9.17) is 5.84 Å². The number of hydrogen-bond donors (Lipinski definition) is 2. The van der Waals surface area contributed by atoms with Gasteiger partial charge in [-0.25, -0.2) is 0 Å². The number of hydrazine groups is 1. The molecule has 0 aliphatic heterocycles. The van der Waals surface area contributed by atoms with Gasteiger partial charge >= 0.3 is 0 Å². The number of anilines is 1. The van der Waals surface area contributed by atoms with Gasteiger partial charge in [0.2, 0.25) is 0 Å². The average molecular weight is 194 g/mol. The van der Waals surface area contributed by atoms with Gasteiger partial charge in [0.05, 0.1) is 11.3 Å². The van der Waals surface area contributed by atoms with E-state index in [1.54, 1.807) is 20.2 Å². The van der Waals surface area contributed by atoms with Crippen molar-refractivity contribution < 1.29 is 4.79 Å². The summed E-state index contributed by atoms with van der Waals surface area (Å²) in [6, 6.07) is 1.73. The number of rotatable bonds is 2. The molecule has 3 N–H and O–H groups in total. The van der Waals surface area contributed by atoms with Crippen LogP contribution < -0.4 is 11.3 Å². The van der Waals surface area contributed by atoms with Crippen LogP contribution in [0.15, 0.2) is 12.3 Å². The molecule has 0 radical (unpaired) electrons. The fourth-order valence-corrected chi connectivity index (χ4v) is 1.09. The number of carbonyl (C=O) groups excluding carboxylic acids is 1. The molecule has 0 bridgehead atoms. The molecule has 0 atom stereocenters. The minimum atomic E-state index is -0.120. The van der Waals surface area contributed by atoms with Gasteiger partial charge in [-0.15, -0.1) is 0 Å². The van der Waals surface area contributed by atoms with Crippen LogP contribution in [0.5, 0.6) is 0 Å². The van der Waals surface area contributed by atoms with E-state index in [0.717, 1.165) is 5.69 Å². The second kappa shape index (κ2) is 4.06. The van der Waals surface area contributed by atoms with Crippen LogP contribution in [0.4, 0.5) is 5.69 Å². The Morgan fingerprint density at radius 1 is 1.57 bits per heavy atom. The Labute approximate surface area is 82.9 Å². The summed E-state index contributed by atoms with van der Waals surface area (Å²) >= 11 is 0. The van der Waals surface area contributed by atoms with E-state index in [1.165, 1.54) is 11.1 Å². The SMILES string of the molecule is Cc1cc(NN)c(C(=O)N(C)C)cn1. The molecule has 5 nitrogen and oxygen atoms in total. The standard InChI is InChI=1S/C9H14N4O/c1-6-4-8(12-10)7(5-11-6)9(14)13(2)3/h4-5H,10H2,1-3H3,(H,11,12). The minimum absolute atomic E-state index is 0.120. The van der Waals surface area contributed by atoms with Crippen molar-refractivity contribution in [3.8, 4) is 0 Å². The third kappa shape index (κ3) is 2.00. The van der Waals surface area contributed by atoms with Crippen molar-refractivity contribution in [2.24, 2.45) is 5.84 Å². The lowest BCUT2D eigenvalue weighted by Gasteiger charge is -2.13. The molecule has 0 spiro atoms. The van der Waals surface area contributed by atoms with Crippen molar-refractivity contribution >= 4 is 11.6 Å². The van der Waals surface area contributed by atoms with Gasteiger partial charge < -0.3 is 10.3 Å². The van der Waals surface area contributed by atoms with Crippen LogP contribution >= 0.6 is 0 Å². The molecule has 1 aromatic rings. The zero-order chi connectivity index (χ0) is 10.7. The maximum Gasteiger partial charge on any atom is 0.257 e. The fourth-order valence-electron chi connectivity index (χ4n) is 1.09. The first-order chi connectivity index (χ1) is 6.56. The molecule has 76 valence electrons. The molecule has 0 aromatic carbocycles. The second-order valence-electron chi connectivity index (χ2n) is 3.22. The number of nitrogen functional groups attached to an aromatic ring is 1. The Morgan fingerprint density at radius 3 is 2.71 bits per heavy atom. The second-order valence-corrected chi connectivity index (χ2v) is 3.22. The molecule has 0 saturated carbocycles. The number of nitrogens with one attached hydrogen (secondary N) is 1. The predicted molar refractivity (Wildman–Crippen MR) is 54.8 cm³/mol. The van der Waals surface area contributed by atoms with Crippen LogP contribution in [0.3, 0.4) is 0 Å². The zero-order valence-electron chi connectivity index (χ0n) is 8.53. The molecule has 0 aliphatic carbocycles. The van der Waals surface area contributed by atoms with Gasteiger partial charge in [-0.1, -0.05) is 0 Å². The number of hydrogen-bond acceptors (Lipinski definition) is 4. The summed E-state index contributed by atoms with van der Waals surface area (Å²) in [7, 11) is 3.37. The third-order valence-electron chi connectivity index (χ3n) is 1.83. The molecular weight excluding hydrogens is 180 g/mol. The summed E-state index contributed by atoms with van der Waals surface area (Å²) in [4.78, 5) is 17.2. The van der Waals surface area contributed by atoms with Gasteiger partial charge in [0.1, 0.15) is 0 Å². The Morgan fingerprint density at radius 2 is 2.21 bits per heavy atom. The first-order valence-corrected chi connectivity index (χ1v) is 4.21. The lowest BCUT2D eigenvalue weighted by Crippen LogP contribution is -2.24. The van der Waals surface area contributed by atoms with E-state index in [1.807, 2.05) is 6.92 Å². The topological polar surface area (TPSA) is 71.2 Å².